The van der Waals surface area contributed by atoms with Gasteiger partial charge in [0, 0.05) is 63.1 Å². The SMILES string of the molecule is CN1CCN(Cc2cnc[nH]2)C[C@]12CCC(=O)N(CC1CC1)CC2. The summed E-state index contributed by atoms with van der Waals surface area (Å²) in [6.45, 7) is 6.05. The van der Waals surface area contributed by atoms with Gasteiger partial charge in [-0.2, -0.15) is 0 Å². The maximum absolute atomic E-state index is 12.5. The lowest BCUT2D eigenvalue weighted by atomic mass is 9.86. The maximum Gasteiger partial charge on any atom is 0.222 e. The van der Waals surface area contributed by atoms with Gasteiger partial charge in [0.1, 0.15) is 0 Å². The monoisotopic (exact) mass is 331 g/mol. The second kappa shape index (κ2) is 6.48. The first-order chi connectivity index (χ1) is 11.6. The molecular weight excluding hydrogens is 302 g/mol. The Hall–Kier alpha value is -1.40. The number of carbonyl (C=O) groups is 1. The molecule has 1 aromatic heterocycles. The zero-order chi connectivity index (χ0) is 16.6. The molecule has 0 unspecified atom stereocenters. The van der Waals surface area contributed by atoms with Crippen molar-refractivity contribution < 1.29 is 4.79 Å². The number of likely N-dealkylation sites (tertiary alicyclic amines) is 1. The quantitative estimate of drug-likeness (QED) is 0.904. The van der Waals surface area contributed by atoms with Gasteiger partial charge >= 0.3 is 0 Å². The molecular formula is C18H29N5O. The van der Waals surface area contributed by atoms with E-state index in [1.807, 2.05) is 6.20 Å². The molecule has 1 atom stereocenters. The van der Waals surface area contributed by atoms with Gasteiger partial charge in [0.25, 0.3) is 0 Å². The summed E-state index contributed by atoms with van der Waals surface area (Å²) < 4.78 is 0. The Labute approximate surface area is 144 Å². The molecule has 0 radical (unpaired) electrons. The van der Waals surface area contributed by atoms with Crippen LogP contribution in [0.3, 0.4) is 0 Å². The van der Waals surface area contributed by atoms with Crippen LogP contribution in [0.15, 0.2) is 12.5 Å². The maximum atomic E-state index is 12.5. The van der Waals surface area contributed by atoms with Crippen molar-refractivity contribution >= 4 is 5.91 Å². The van der Waals surface area contributed by atoms with Crippen molar-refractivity contribution in [1.29, 1.82) is 0 Å². The van der Waals surface area contributed by atoms with Gasteiger partial charge in [-0.15, -0.1) is 0 Å². The van der Waals surface area contributed by atoms with E-state index >= 15 is 0 Å². The van der Waals surface area contributed by atoms with E-state index in [0.29, 0.717) is 12.3 Å². The van der Waals surface area contributed by atoms with Gasteiger partial charge in [0.05, 0.1) is 6.33 Å². The molecule has 3 heterocycles. The highest BCUT2D eigenvalue weighted by atomic mass is 16.2. The molecule has 2 aliphatic heterocycles. The van der Waals surface area contributed by atoms with Gasteiger partial charge in [-0.25, -0.2) is 4.98 Å². The second-order valence-corrected chi connectivity index (χ2v) is 7.97. The number of hydrogen-bond acceptors (Lipinski definition) is 4. The molecule has 1 N–H and O–H groups in total. The highest BCUT2D eigenvalue weighted by Gasteiger charge is 2.42. The first-order valence-corrected chi connectivity index (χ1v) is 9.33. The summed E-state index contributed by atoms with van der Waals surface area (Å²) in [5.74, 6) is 1.15. The number of aromatic amines is 1. The van der Waals surface area contributed by atoms with Gasteiger partial charge in [-0.1, -0.05) is 0 Å². The predicted molar refractivity (Wildman–Crippen MR) is 92.4 cm³/mol. The fourth-order valence-corrected chi connectivity index (χ4v) is 4.33. The molecule has 0 aromatic carbocycles. The van der Waals surface area contributed by atoms with Crippen LogP contribution in [0.1, 0.15) is 37.8 Å². The molecule has 1 spiro atoms. The number of hydrogen-bond donors (Lipinski definition) is 1. The van der Waals surface area contributed by atoms with E-state index in [9.17, 15) is 4.79 Å². The predicted octanol–water partition coefficient (Wildman–Crippen LogP) is 1.32. The van der Waals surface area contributed by atoms with Crippen molar-refractivity contribution in [3.05, 3.63) is 18.2 Å². The van der Waals surface area contributed by atoms with Gasteiger partial charge in [-0.05, 0) is 38.6 Å². The van der Waals surface area contributed by atoms with E-state index in [4.69, 9.17) is 0 Å². The molecule has 0 bridgehead atoms. The highest BCUT2D eigenvalue weighted by Crippen LogP contribution is 2.35. The number of likely N-dealkylation sites (N-methyl/N-ethyl adjacent to an activating group) is 1. The zero-order valence-corrected chi connectivity index (χ0v) is 14.7. The lowest BCUT2D eigenvalue weighted by Crippen LogP contribution is -2.60. The van der Waals surface area contributed by atoms with Crippen molar-refractivity contribution in [3.8, 4) is 0 Å². The van der Waals surface area contributed by atoms with Crippen LogP contribution in [0.4, 0.5) is 0 Å². The standard InChI is InChI=1S/C18H29N5O/c1-21-8-9-22(12-16-10-19-14-20-16)13-18(21)5-4-17(24)23(7-6-18)11-15-2-3-15/h10,14-15H,2-9,11-13H2,1H3,(H,19,20)/t18-/m1/s1. The fraction of sp³-hybridized carbons (Fsp3) is 0.778. The molecule has 1 aliphatic carbocycles. The van der Waals surface area contributed by atoms with Crippen molar-refractivity contribution in [3.63, 3.8) is 0 Å². The number of rotatable bonds is 4. The summed E-state index contributed by atoms with van der Waals surface area (Å²) in [6.07, 6.45) is 9.08. The minimum absolute atomic E-state index is 0.145. The molecule has 3 aliphatic rings. The molecule has 3 fully saturated rings. The van der Waals surface area contributed by atoms with Crippen molar-refractivity contribution in [2.24, 2.45) is 5.92 Å². The second-order valence-electron chi connectivity index (χ2n) is 7.97. The Bertz CT molecular complexity index is 570. The van der Waals surface area contributed by atoms with Crippen molar-refractivity contribution in [1.82, 2.24) is 24.7 Å². The van der Waals surface area contributed by atoms with E-state index in [-0.39, 0.29) is 5.54 Å². The molecule has 4 rings (SSSR count). The number of nitrogens with zero attached hydrogens (tertiary/aromatic N) is 4. The van der Waals surface area contributed by atoms with Gasteiger partial charge in [0.15, 0.2) is 0 Å². The highest BCUT2D eigenvalue weighted by molar-refractivity contribution is 5.76. The summed E-state index contributed by atoms with van der Waals surface area (Å²) in [7, 11) is 2.24. The van der Waals surface area contributed by atoms with E-state index in [0.717, 1.165) is 58.0 Å². The largest absolute Gasteiger partial charge is 0.347 e. The Morgan fingerprint density at radius 3 is 2.92 bits per heavy atom. The van der Waals surface area contributed by atoms with Crippen LogP contribution in [0.25, 0.3) is 0 Å². The molecule has 1 saturated carbocycles. The lowest BCUT2D eigenvalue weighted by Gasteiger charge is -2.49. The number of H-pyrrole nitrogens is 1. The number of amides is 1. The average molecular weight is 331 g/mol. The Kier molecular flexibility index (Phi) is 4.35. The first kappa shape index (κ1) is 16.1. The summed E-state index contributed by atoms with van der Waals surface area (Å²) in [4.78, 5) is 27.1. The normalized spacial score (nSPS) is 30.0. The van der Waals surface area contributed by atoms with E-state index in [2.05, 4.69) is 31.7 Å². The smallest absolute Gasteiger partial charge is 0.222 e. The van der Waals surface area contributed by atoms with E-state index < -0.39 is 0 Å². The molecule has 1 aromatic rings. The summed E-state index contributed by atoms with van der Waals surface area (Å²) >= 11 is 0. The topological polar surface area (TPSA) is 55.5 Å². The van der Waals surface area contributed by atoms with Crippen LogP contribution < -0.4 is 0 Å². The van der Waals surface area contributed by atoms with Crippen LogP contribution >= 0.6 is 0 Å². The third-order valence-electron chi connectivity index (χ3n) is 6.21. The van der Waals surface area contributed by atoms with Crippen molar-refractivity contribution in [2.45, 2.75) is 44.2 Å². The zero-order valence-electron chi connectivity index (χ0n) is 14.7. The number of aromatic nitrogens is 2. The van der Waals surface area contributed by atoms with E-state index in [1.165, 1.54) is 18.5 Å². The number of imidazole rings is 1. The third-order valence-corrected chi connectivity index (χ3v) is 6.21. The summed E-state index contributed by atoms with van der Waals surface area (Å²) in [6, 6.07) is 0. The molecule has 6 heteroatoms. The molecule has 6 nitrogen and oxygen atoms in total. The minimum atomic E-state index is 0.145. The van der Waals surface area contributed by atoms with Crippen LogP contribution in [0, 0.1) is 5.92 Å². The van der Waals surface area contributed by atoms with Crippen molar-refractivity contribution in [2.75, 3.05) is 39.8 Å². The minimum Gasteiger partial charge on any atom is -0.347 e. The molecule has 132 valence electrons. The van der Waals surface area contributed by atoms with Gasteiger partial charge in [0.2, 0.25) is 5.91 Å². The Balaban J connectivity index is 1.44. The Morgan fingerprint density at radius 1 is 1.29 bits per heavy atom. The number of carbonyl (C=O) groups excluding carboxylic acids is 1. The number of nitrogens with one attached hydrogen (secondary N) is 1. The van der Waals surface area contributed by atoms with Gasteiger partial charge < -0.3 is 9.88 Å². The molecule has 1 amide bonds. The van der Waals surface area contributed by atoms with Crippen LogP contribution in [0.5, 0.6) is 0 Å². The van der Waals surface area contributed by atoms with E-state index in [1.54, 1.807) is 6.33 Å². The Morgan fingerprint density at radius 2 is 2.17 bits per heavy atom. The van der Waals surface area contributed by atoms with Crippen LogP contribution in [0.2, 0.25) is 0 Å². The fourth-order valence-electron chi connectivity index (χ4n) is 4.33. The van der Waals surface area contributed by atoms with Crippen LogP contribution in [-0.2, 0) is 11.3 Å². The molecule has 24 heavy (non-hydrogen) atoms. The summed E-state index contributed by atoms with van der Waals surface area (Å²) in [5.41, 5.74) is 1.32. The first-order valence-electron chi connectivity index (χ1n) is 9.33. The third kappa shape index (κ3) is 3.35. The lowest BCUT2D eigenvalue weighted by molar-refractivity contribution is -0.131. The average Bonchev–Trinajstić information content (AvgIpc) is 3.28. The number of piperazine rings is 1. The van der Waals surface area contributed by atoms with Gasteiger partial charge in [-0.3, -0.25) is 14.6 Å². The summed E-state index contributed by atoms with van der Waals surface area (Å²) in [5, 5.41) is 0. The molecule has 2 saturated heterocycles. The van der Waals surface area contributed by atoms with Crippen LogP contribution in [-0.4, -0.2) is 75.9 Å².